The summed E-state index contributed by atoms with van der Waals surface area (Å²) in [6.45, 7) is 0. The summed E-state index contributed by atoms with van der Waals surface area (Å²) in [7, 11) is 0. The first-order valence-corrected chi connectivity index (χ1v) is 6.60. The number of thiol groups is 1. The van der Waals surface area contributed by atoms with E-state index < -0.39 is 0 Å². The second-order valence-corrected chi connectivity index (χ2v) is 5.03. The molecular formula is C15H17CuNS2. The number of thiocarbonyl (C=S) groups is 1. The largest absolute Gasteiger partial charge is 0.385 e. The first-order chi connectivity index (χ1) is 8.68. The SMILES string of the molecule is NC(=S)S.[Cu].c1ccc(CCc2ccccc2)cc1. The number of hydrogen-bond donors (Lipinski definition) is 2. The van der Waals surface area contributed by atoms with E-state index in [1.165, 1.54) is 11.1 Å². The maximum atomic E-state index is 4.71. The Balaban J connectivity index is 0.000000576. The molecule has 4 heteroatoms. The van der Waals surface area contributed by atoms with E-state index in [1.807, 2.05) is 0 Å². The summed E-state index contributed by atoms with van der Waals surface area (Å²) in [5.74, 6) is 0. The van der Waals surface area contributed by atoms with Crippen LogP contribution in [0.5, 0.6) is 0 Å². The predicted molar refractivity (Wildman–Crippen MR) is 86.1 cm³/mol. The fourth-order valence-corrected chi connectivity index (χ4v) is 1.58. The Hall–Kier alpha value is -0.801. The minimum Gasteiger partial charge on any atom is -0.385 e. The second-order valence-electron chi connectivity index (χ2n) is 3.81. The van der Waals surface area contributed by atoms with Crippen molar-refractivity contribution in [3.63, 3.8) is 0 Å². The molecule has 105 valence electrons. The van der Waals surface area contributed by atoms with Crippen LogP contribution in [-0.4, -0.2) is 4.32 Å². The minimum absolute atomic E-state index is 0. The molecular weight excluding hydrogens is 322 g/mol. The third-order valence-electron chi connectivity index (χ3n) is 2.39. The van der Waals surface area contributed by atoms with E-state index in [0.717, 1.165) is 12.8 Å². The van der Waals surface area contributed by atoms with E-state index in [4.69, 9.17) is 5.73 Å². The molecule has 0 aliphatic rings. The Morgan fingerprint density at radius 1 is 0.842 bits per heavy atom. The Bertz CT molecular complexity index is 417. The molecule has 2 N–H and O–H groups in total. The molecule has 1 nitrogen and oxygen atoms in total. The Morgan fingerprint density at radius 3 is 1.37 bits per heavy atom. The number of benzene rings is 2. The standard InChI is InChI=1S/C14H14.CH3NS2.Cu/c1-3-7-13(8-4-1)11-12-14-9-5-2-6-10-14;2-1(3)4;/h1-10H,11-12H2;(H3,2,3,4);. The molecule has 0 aromatic heterocycles. The monoisotopic (exact) mass is 338 g/mol. The fourth-order valence-electron chi connectivity index (χ4n) is 1.58. The quantitative estimate of drug-likeness (QED) is 0.508. The van der Waals surface area contributed by atoms with Gasteiger partial charge in [-0.05, 0) is 24.0 Å². The number of hydrogen-bond acceptors (Lipinski definition) is 1. The van der Waals surface area contributed by atoms with Crippen LogP contribution in [0.4, 0.5) is 0 Å². The minimum atomic E-state index is 0. The summed E-state index contributed by atoms with van der Waals surface area (Å²) in [5, 5.41) is 0. The molecule has 0 unspecified atom stereocenters. The van der Waals surface area contributed by atoms with Crippen molar-refractivity contribution >= 4 is 29.2 Å². The van der Waals surface area contributed by atoms with Crippen molar-refractivity contribution in [3.05, 3.63) is 71.8 Å². The number of aryl methyl sites for hydroxylation is 2. The molecule has 0 spiro atoms. The fraction of sp³-hybridized carbons (Fsp3) is 0.133. The molecule has 0 heterocycles. The van der Waals surface area contributed by atoms with Gasteiger partial charge in [-0.3, -0.25) is 0 Å². The van der Waals surface area contributed by atoms with Crippen LogP contribution in [0.3, 0.4) is 0 Å². The van der Waals surface area contributed by atoms with E-state index >= 15 is 0 Å². The molecule has 0 bridgehead atoms. The van der Waals surface area contributed by atoms with Crippen molar-refractivity contribution in [1.82, 2.24) is 0 Å². The number of nitrogens with two attached hydrogens (primary N) is 1. The summed E-state index contributed by atoms with van der Waals surface area (Å²) >= 11 is 7.65. The van der Waals surface area contributed by atoms with Crippen LogP contribution in [0.15, 0.2) is 60.7 Å². The van der Waals surface area contributed by atoms with Gasteiger partial charge in [0.25, 0.3) is 0 Å². The summed E-state index contributed by atoms with van der Waals surface area (Å²) in [5.41, 5.74) is 7.53. The van der Waals surface area contributed by atoms with Gasteiger partial charge in [0.15, 0.2) is 0 Å². The first kappa shape index (κ1) is 18.2. The van der Waals surface area contributed by atoms with Crippen LogP contribution in [0.25, 0.3) is 0 Å². The van der Waals surface area contributed by atoms with Crippen LogP contribution in [0.1, 0.15) is 11.1 Å². The van der Waals surface area contributed by atoms with Crippen LogP contribution < -0.4 is 5.73 Å². The molecule has 2 rings (SSSR count). The van der Waals surface area contributed by atoms with Crippen LogP contribution in [0, 0.1) is 0 Å². The van der Waals surface area contributed by atoms with Gasteiger partial charge in [-0.15, -0.1) is 12.6 Å². The normalized spacial score (nSPS) is 8.68. The van der Waals surface area contributed by atoms with E-state index in [0.29, 0.717) is 0 Å². The molecule has 0 amide bonds. The van der Waals surface area contributed by atoms with Crippen molar-refractivity contribution in [2.75, 3.05) is 0 Å². The smallest absolute Gasteiger partial charge is 0.128 e. The zero-order chi connectivity index (χ0) is 13.2. The first-order valence-electron chi connectivity index (χ1n) is 5.74. The molecule has 0 atom stereocenters. The van der Waals surface area contributed by atoms with Gasteiger partial charge < -0.3 is 5.73 Å². The molecule has 0 saturated heterocycles. The average molecular weight is 339 g/mol. The third-order valence-corrected chi connectivity index (χ3v) is 2.39. The van der Waals surface area contributed by atoms with Gasteiger partial charge in [-0.25, -0.2) is 0 Å². The van der Waals surface area contributed by atoms with Crippen LogP contribution in [0.2, 0.25) is 0 Å². The summed E-state index contributed by atoms with van der Waals surface area (Å²) in [6, 6.07) is 21.2. The van der Waals surface area contributed by atoms with Crippen LogP contribution in [-0.2, 0) is 29.9 Å². The van der Waals surface area contributed by atoms with E-state index in [1.54, 1.807) is 0 Å². The van der Waals surface area contributed by atoms with Gasteiger partial charge >= 0.3 is 0 Å². The summed E-state index contributed by atoms with van der Waals surface area (Å²) in [4.78, 5) is 0. The van der Waals surface area contributed by atoms with Crippen molar-refractivity contribution in [1.29, 1.82) is 0 Å². The topological polar surface area (TPSA) is 26.0 Å². The molecule has 0 fully saturated rings. The zero-order valence-electron chi connectivity index (χ0n) is 10.4. The second kappa shape index (κ2) is 11.1. The van der Waals surface area contributed by atoms with Crippen molar-refractivity contribution in [2.45, 2.75) is 12.8 Å². The molecule has 19 heavy (non-hydrogen) atoms. The van der Waals surface area contributed by atoms with Gasteiger partial charge in [-0.2, -0.15) is 0 Å². The molecule has 2 aromatic carbocycles. The van der Waals surface area contributed by atoms with Crippen molar-refractivity contribution < 1.29 is 17.1 Å². The predicted octanol–water partition coefficient (Wildman–Crippen LogP) is 3.63. The average Bonchev–Trinajstić information content (AvgIpc) is 2.38. The summed E-state index contributed by atoms with van der Waals surface area (Å²) in [6.07, 6.45) is 2.26. The van der Waals surface area contributed by atoms with Gasteiger partial charge in [0.2, 0.25) is 0 Å². The third kappa shape index (κ3) is 9.74. The van der Waals surface area contributed by atoms with Gasteiger partial charge in [0, 0.05) is 17.1 Å². The number of rotatable bonds is 3. The van der Waals surface area contributed by atoms with Gasteiger partial charge in [0.1, 0.15) is 4.32 Å². The van der Waals surface area contributed by atoms with Crippen molar-refractivity contribution in [2.24, 2.45) is 5.73 Å². The van der Waals surface area contributed by atoms with Crippen LogP contribution >= 0.6 is 24.8 Å². The molecule has 2 aromatic rings. The zero-order valence-corrected chi connectivity index (χ0v) is 13.1. The maximum absolute atomic E-state index is 4.71. The Kier molecular flexibility index (Phi) is 10.6. The van der Waals surface area contributed by atoms with Gasteiger partial charge in [-0.1, -0.05) is 72.9 Å². The Labute approximate surface area is 136 Å². The van der Waals surface area contributed by atoms with E-state index in [-0.39, 0.29) is 21.4 Å². The molecule has 0 aliphatic heterocycles. The summed E-state index contributed by atoms with van der Waals surface area (Å²) < 4.78 is 0.194. The van der Waals surface area contributed by atoms with E-state index in [2.05, 4.69) is 85.5 Å². The van der Waals surface area contributed by atoms with Gasteiger partial charge in [0.05, 0.1) is 0 Å². The molecule has 1 radical (unpaired) electrons. The molecule has 0 saturated carbocycles. The van der Waals surface area contributed by atoms with Crippen molar-refractivity contribution in [3.8, 4) is 0 Å². The Morgan fingerprint density at radius 2 is 1.11 bits per heavy atom. The maximum Gasteiger partial charge on any atom is 0.128 e. The van der Waals surface area contributed by atoms with E-state index in [9.17, 15) is 0 Å². The molecule has 0 aliphatic carbocycles.